The highest BCUT2D eigenvalue weighted by Gasteiger charge is 2.21. The fourth-order valence-electron chi connectivity index (χ4n) is 2.64. The van der Waals surface area contributed by atoms with Gasteiger partial charge in [0.05, 0.1) is 13.2 Å². The number of benzene rings is 1. The first-order valence-corrected chi connectivity index (χ1v) is 9.28. The van der Waals surface area contributed by atoms with Gasteiger partial charge in [-0.2, -0.15) is 5.10 Å². The van der Waals surface area contributed by atoms with Gasteiger partial charge in [-0.15, -0.1) is 24.0 Å². The molecule has 148 valence electrons. The SMILES string of the molecule is CCNC(=NCc1cccc(-c2ncn[nH]2)c1)N(C)CCOCC1CC1.I. The van der Waals surface area contributed by atoms with Crippen molar-refractivity contribution in [3.63, 3.8) is 0 Å². The van der Waals surface area contributed by atoms with Gasteiger partial charge in [-0.3, -0.25) is 5.10 Å². The molecule has 0 saturated heterocycles. The molecule has 1 aliphatic carbocycles. The number of guanidine groups is 1. The predicted octanol–water partition coefficient (Wildman–Crippen LogP) is 2.91. The second-order valence-electron chi connectivity index (χ2n) is 6.64. The van der Waals surface area contributed by atoms with Crippen LogP contribution in [-0.2, 0) is 11.3 Å². The maximum Gasteiger partial charge on any atom is 0.194 e. The number of hydrogen-bond donors (Lipinski definition) is 2. The average Bonchev–Trinajstić information content (AvgIpc) is 3.32. The van der Waals surface area contributed by atoms with E-state index in [9.17, 15) is 0 Å². The number of hydrogen-bond acceptors (Lipinski definition) is 4. The van der Waals surface area contributed by atoms with Crippen molar-refractivity contribution < 1.29 is 4.74 Å². The fourth-order valence-corrected chi connectivity index (χ4v) is 2.64. The molecule has 8 heteroatoms. The second kappa shape index (κ2) is 11.2. The van der Waals surface area contributed by atoms with Crippen LogP contribution in [0.1, 0.15) is 25.3 Å². The molecular formula is C19H29IN6O. The smallest absolute Gasteiger partial charge is 0.194 e. The number of likely N-dealkylation sites (N-methyl/N-ethyl adjacent to an activating group) is 1. The minimum absolute atomic E-state index is 0. The summed E-state index contributed by atoms with van der Waals surface area (Å²) in [5.74, 6) is 2.47. The Morgan fingerprint density at radius 2 is 2.26 bits per heavy atom. The number of aliphatic imine (C=N–C) groups is 1. The third kappa shape index (κ3) is 7.10. The number of halogens is 1. The topological polar surface area (TPSA) is 78.4 Å². The van der Waals surface area contributed by atoms with Gasteiger partial charge in [0.2, 0.25) is 0 Å². The van der Waals surface area contributed by atoms with Gasteiger partial charge in [0.15, 0.2) is 11.8 Å². The average molecular weight is 484 g/mol. The Balaban J connectivity index is 0.00000261. The zero-order chi connectivity index (χ0) is 18.2. The van der Waals surface area contributed by atoms with Crippen molar-refractivity contribution in [3.8, 4) is 11.4 Å². The third-order valence-corrected chi connectivity index (χ3v) is 4.34. The van der Waals surface area contributed by atoms with E-state index in [0.29, 0.717) is 6.54 Å². The van der Waals surface area contributed by atoms with E-state index in [1.54, 1.807) is 0 Å². The monoisotopic (exact) mass is 484 g/mol. The Hall–Kier alpha value is -1.68. The number of H-pyrrole nitrogens is 1. The van der Waals surface area contributed by atoms with Crippen LogP contribution in [0.5, 0.6) is 0 Å². The van der Waals surface area contributed by atoms with E-state index in [0.717, 1.165) is 55.1 Å². The lowest BCUT2D eigenvalue weighted by Gasteiger charge is -2.22. The van der Waals surface area contributed by atoms with Crippen molar-refractivity contribution in [1.82, 2.24) is 25.4 Å². The first-order valence-electron chi connectivity index (χ1n) is 9.28. The van der Waals surface area contributed by atoms with Crippen molar-refractivity contribution >= 4 is 29.9 Å². The predicted molar refractivity (Wildman–Crippen MR) is 118 cm³/mol. The molecule has 0 unspecified atom stereocenters. The van der Waals surface area contributed by atoms with E-state index in [2.05, 4.69) is 44.5 Å². The zero-order valence-electron chi connectivity index (χ0n) is 16.0. The molecule has 1 aromatic heterocycles. The first-order chi connectivity index (χ1) is 12.8. The van der Waals surface area contributed by atoms with Crippen LogP contribution < -0.4 is 5.32 Å². The van der Waals surface area contributed by atoms with Crippen LogP contribution in [0.2, 0.25) is 0 Å². The van der Waals surface area contributed by atoms with E-state index in [1.165, 1.54) is 19.2 Å². The molecule has 0 amide bonds. The van der Waals surface area contributed by atoms with Gasteiger partial charge >= 0.3 is 0 Å². The molecule has 0 radical (unpaired) electrons. The van der Waals surface area contributed by atoms with E-state index >= 15 is 0 Å². The number of ether oxygens (including phenoxy) is 1. The summed E-state index contributed by atoms with van der Waals surface area (Å²) in [5, 5.41) is 10.2. The molecule has 27 heavy (non-hydrogen) atoms. The highest BCUT2D eigenvalue weighted by molar-refractivity contribution is 14.0. The maximum atomic E-state index is 5.74. The largest absolute Gasteiger partial charge is 0.379 e. The van der Waals surface area contributed by atoms with Gasteiger partial charge < -0.3 is 15.0 Å². The summed E-state index contributed by atoms with van der Waals surface area (Å²) in [4.78, 5) is 11.1. The molecule has 0 spiro atoms. The molecule has 1 aliphatic rings. The van der Waals surface area contributed by atoms with Crippen molar-refractivity contribution in [2.75, 3.05) is 33.4 Å². The Morgan fingerprint density at radius 3 is 2.96 bits per heavy atom. The van der Waals surface area contributed by atoms with Crippen molar-refractivity contribution in [3.05, 3.63) is 36.2 Å². The first kappa shape index (κ1) is 21.6. The molecular weight excluding hydrogens is 455 g/mol. The quantitative estimate of drug-likeness (QED) is 0.248. The van der Waals surface area contributed by atoms with Crippen molar-refractivity contribution in [1.29, 1.82) is 0 Å². The summed E-state index contributed by atoms with van der Waals surface area (Å²) in [6, 6.07) is 8.20. The van der Waals surface area contributed by atoms with Gasteiger partial charge in [0.1, 0.15) is 6.33 Å². The van der Waals surface area contributed by atoms with Crippen molar-refractivity contribution in [2.24, 2.45) is 10.9 Å². The molecule has 1 aromatic carbocycles. The van der Waals surface area contributed by atoms with Crippen LogP contribution in [-0.4, -0.2) is 59.4 Å². The lowest BCUT2D eigenvalue weighted by atomic mass is 10.1. The Labute approximate surface area is 178 Å². The van der Waals surface area contributed by atoms with E-state index < -0.39 is 0 Å². The molecule has 0 atom stereocenters. The molecule has 2 N–H and O–H groups in total. The highest BCUT2D eigenvalue weighted by atomic mass is 127. The Kier molecular flexibility index (Phi) is 8.99. The minimum atomic E-state index is 0. The molecule has 2 aromatic rings. The molecule has 3 rings (SSSR count). The van der Waals surface area contributed by atoms with Gasteiger partial charge in [-0.05, 0) is 37.3 Å². The van der Waals surface area contributed by atoms with Crippen LogP contribution in [0, 0.1) is 5.92 Å². The zero-order valence-corrected chi connectivity index (χ0v) is 18.3. The minimum Gasteiger partial charge on any atom is -0.379 e. The Bertz CT molecular complexity index is 702. The van der Waals surface area contributed by atoms with Gasteiger partial charge in [-0.1, -0.05) is 18.2 Å². The summed E-state index contributed by atoms with van der Waals surface area (Å²) >= 11 is 0. The lowest BCUT2D eigenvalue weighted by Crippen LogP contribution is -2.40. The maximum absolute atomic E-state index is 5.74. The fraction of sp³-hybridized carbons (Fsp3) is 0.526. The van der Waals surface area contributed by atoms with Gasteiger partial charge in [0, 0.05) is 32.3 Å². The normalized spacial score (nSPS) is 13.9. The van der Waals surface area contributed by atoms with E-state index in [4.69, 9.17) is 9.73 Å². The third-order valence-electron chi connectivity index (χ3n) is 4.34. The molecule has 1 fully saturated rings. The molecule has 0 bridgehead atoms. The number of aromatic nitrogens is 3. The van der Waals surface area contributed by atoms with Gasteiger partial charge in [-0.25, -0.2) is 9.98 Å². The summed E-state index contributed by atoms with van der Waals surface area (Å²) in [7, 11) is 2.05. The second-order valence-corrected chi connectivity index (χ2v) is 6.64. The standard InChI is InChI=1S/C19H28N6O.HI/c1-3-20-19(25(2)9-10-26-13-15-7-8-15)21-12-16-5-4-6-17(11-16)18-22-14-23-24-18;/h4-6,11,14-15H,3,7-10,12-13H2,1-2H3,(H,20,21)(H,22,23,24);1H. The summed E-state index contributed by atoms with van der Waals surface area (Å²) in [6.45, 7) is 5.99. The van der Waals surface area contributed by atoms with Crippen LogP contribution in [0.15, 0.2) is 35.6 Å². The summed E-state index contributed by atoms with van der Waals surface area (Å²) in [6.07, 6.45) is 4.17. The lowest BCUT2D eigenvalue weighted by molar-refractivity contribution is 0.115. The summed E-state index contributed by atoms with van der Waals surface area (Å²) in [5.41, 5.74) is 2.15. The number of rotatable bonds is 9. The molecule has 1 heterocycles. The van der Waals surface area contributed by atoms with Crippen LogP contribution in [0.25, 0.3) is 11.4 Å². The van der Waals surface area contributed by atoms with E-state index in [-0.39, 0.29) is 24.0 Å². The number of aromatic amines is 1. The Morgan fingerprint density at radius 1 is 1.41 bits per heavy atom. The number of nitrogens with one attached hydrogen (secondary N) is 2. The van der Waals surface area contributed by atoms with Crippen LogP contribution in [0.4, 0.5) is 0 Å². The molecule has 0 aliphatic heterocycles. The van der Waals surface area contributed by atoms with E-state index in [1.807, 2.05) is 19.2 Å². The van der Waals surface area contributed by atoms with Crippen LogP contribution in [0.3, 0.4) is 0 Å². The number of nitrogens with zero attached hydrogens (tertiary/aromatic N) is 4. The van der Waals surface area contributed by atoms with Gasteiger partial charge in [0.25, 0.3) is 0 Å². The molecule has 7 nitrogen and oxygen atoms in total. The van der Waals surface area contributed by atoms with Crippen molar-refractivity contribution in [2.45, 2.75) is 26.3 Å². The highest BCUT2D eigenvalue weighted by Crippen LogP contribution is 2.28. The molecule has 1 saturated carbocycles. The summed E-state index contributed by atoms with van der Waals surface area (Å²) < 4.78 is 5.74. The van der Waals surface area contributed by atoms with Crippen LogP contribution >= 0.6 is 24.0 Å².